The molecule has 0 saturated heterocycles. The van der Waals surface area contributed by atoms with Gasteiger partial charge in [0.15, 0.2) is 5.11 Å². The lowest BCUT2D eigenvalue weighted by Crippen LogP contribution is -2.54. The fraction of sp³-hybridized carbons (Fsp3) is 0.524. The van der Waals surface area contributed by atoms with Crippen LogP contribution in [0.2, 0.25) is 0 Å². The zero-order valence-electron chi connectivity index (χ0n) is 14.3. The predicted octanol–water partition coefficient (Wildman–Crippen LogP) is 4.20. The van der Waals surface area contributed by atoms with E-state index < -0.39 is 0 Å². The predicted molar refractivity (Wildman–Crippen MR) is 101 cm³/mol. The smallest absolute Gasteiger partial charge is 0.171 e. The van der Waals surface area contributed by atoms with Crippen molar-refractivity contribution in [1.29, 1.82) is 5.26 Å². The Bertz CT molecular complexity index is 754. The first kappa shape index (κ1) is 15.4. The number of nitrogens with one attached hydrogen (secondary N) is 2. The van der Waals surface area contributed by atoms with Crippen LogP contribution in [0.4, 0.5) is 0 Å². The molecular formula is C21H23N3S. The van der Waals surface area contributed by atoms with Gasteiger partial charge in [0.05, 0.1) is 17.7 Å². The van der Waals surface area contributed by atoms with Crippen LogP contribution in [0.5, 0.6) is 0 Å². The number of rotatable bonds is 2. The molecule has 4 fully saturated rings. The molecule has 1 unspecified atom stereocenters. The Hall–Kier alpha value is -1.86. The minimum absolute atomic E-state index is 0.122. The van der Waals surface area contributed by atoms with E-state index in [0.717, 1.165) is 34.6 Å². The van der Waals surface area contributed by atoms with Crippen LogP contribution < -0.4 is 10.6 Å². The summed E-state index contributed by atoms with van der Waals surface area (Å²) in [5.74, 6) is 2.54. The van der Waals surface area contributed by atoms with Gasteiger partial charge in [-0.1, -0.05) is 30.3 Å². The highest BCUT2D eigenvalue weighted by molar-refractivity contribution is 7.80. The fourth-order valence-corrected chi connectivity index (χ4v) is 6.64. The third-order valence-electron chi connectivity index (χ3n) is 6.89. The number of nitrogens with zero attached hydrogens (tertiary/aromatic N) is 1. The summed E-state index contributed by atoms with van der Waals surface area (Å²) in [7, 11) is 0. The molecule has 128 valence electrons. The molecule has 4 aliphatic carbocycles. The third kappa shape index (κ3) is 2.40. The summed E-state index contributed by atoms with van der Waals surface area (Å²) in [4.78, 5) is 0. The summed E-state index contributed by atoms with van der Waals surface area (Å²) >= 11 is 5.55. The molecule has 1 aromatic carbocycles. The molecule has 1 aliphatic heterocycles. The lowest BCUT2D eigenvalue weighted by molar-refractivity contribution is -0.0335. The largest absolute Gasteiger partial charge is 0.351 e. The number of nitriles is 1. The molecular weight excluding hydrogens is 326 g/mol. The van der Waals surface area contributed by atoms with Gasteiger partial charge in [-0.05, 0) is 74.1 Å². The van der Waals surface area contributed by atoms with Gasteiger partial charge in [0.2, 0.25) is 0 Å². The van der Waals surface area contributed by atoms with Crippen LogP contribution in [-0.4, -0.2) is 5.11 Å². The average Bonchev–Trinajstić information content (AvgIpc) is 2.60. The van der Waals surface area contributed by atoms with Crippen LogP contribution in [0.25, 0.3) is 0 Å². The van der Waals surface area contributed by atoms with Crippen LogP contribution in [0.3, 0.4) is 0 Å². The standard InChI is InChI=1S/C21H23N3S/c22-12-17-18(16-4-2-1-3-5-16)23-20(25)24-19(17)21-9-13-6-14(10-21)8-15(7-13)11-21/h1-5,13-15,18H,6-11H2,(H2,23,24,25). The third-order valence-corrected chi connectivity index (χ3v) is 7.11. The molecule has 0 amide bonds. The molecule has 6 rings (SSSR count). The molecule has 1 aromatic rings. The molecule has 4 heteroatoms. The van der Waals surface area contributed by atoms with Crippen molar-refractivity contribution in [2.75, 3.05) is 0 Å². The second-order valence-corrected chi connectivity index (χ2v) is 8.95. The minimum atomic E-state index is -0.122. The molecule has 3 nitrogen and oxygen atoms in total. The molecule has 0 spiro atoms. The Morgan fingerprint density at radius 2 is 1.60 bits per heavy atom. The van der Waals surface area contributed by atoms with Crippen molar-refractivity contribution in [2.45, 2.75) is 44.6 Å². The van der Waals surface area contributed by atoms with E-state index in [4.69, 9.17) is 12.2 Å². The highest BCUT2D eigenvalue weighted by Gasteiger charge is 2.54. The van der Waals surface area contributed by atoms with Crippen molar-refractivity contribution in [3.63, 3.8) is 0 Å². The van der Waals surface area contributed by atoms with Crippen LogP contribution >= 0.6 is 12.2 Å². The van der Waals surface area contributed by atoms with Crippen molar-refractivity contribution in [1.82, 2.24) is 10.6 Å². The molecule has 1 heterocycles. The highest BCUT2D eigenvalue weighted by atomic mass is 32.1. The monoisotopic (exact) mass is 349 g/mol. The van der Waals surface area contributed by atoms with E-state index in [1.165, 1.54) is 38.5 Å². The molecule has 4 saturated carbocycles. The maximum Gasteiger partial charge on any atom is 0.171 e. The Morgan fingerprint density at radius 3 is 2.16 bits per heavy atom. The Morgan fingerprint density at radius 1 is 1.00 bits per heavy atom. The lowest BCUT2D eigenvalue weighted by Gasteiger charge is -2.58. The second kappa shape index (κ2) is 5.57. The van der Waals surface area contributed by atoms with E-state index in [-0.39, 0.29) is 11.5 Å². The summed E-state index contributed by atoms with van der Waals surface area (Å²) in [5.41, 5.74) is 3.26. The molecule has 5 aliphatic rings. The van der Waals surface area contributed by atoms with E-state index in [2.05, 4.69) is 28.8 Å². The molecule has 0 radical (unpaired) electrons. The van der Waals surface area contributed by atoms with Crippen molar-refractivity contribution >= 4 is 17.3 Å². The second-order valence-electron chi connectivity index (χ2n) is 8.54. The first-order chi connectivity index (χ1) is 12.2. The van der Waals surface area contributed by atoms with Crippen molar-refractivity contribution < 1.29 is 0 Å². The molecule has 4 bridgehead atoms. The quantitative estimate of drug-likeness (QED) is 0.786. The number of hydrogen-bond donors (Lipinski definition) is 2. The molecule has 2 N–H and O–H groups in total. The summed E-state index contributed by atoms with van der Waals surface area (Å²) in [6.07, 6.45) is 7.90. The van der Waals surface area contributed by atoms with E-state index in [0.29, 0.717) is 5.11 Å². The van der Waals surface area contributed by atoms with E-state index in [9.17, 15) is 5.26 Å². The Labute approximate surface area is 154 Å². The topological polar surface area (TPSA) is 47.9 Å². The maximum absolute atomic E-state index is 10.0. The summed E-state index contributed by atoms with van der Waals surface area (Å²) in [6.45, 7) is 0. The minimum Gasteiger partial charge on any atom is -0.351 e. The van der Waals surface area contributed by atoms with Gasteiger partial charge in [-0.3, -0.25) is 0 Å². The average molecular weight is 350 g/mol. The lowest BCUT2D eigenvalue weighted by atomic mass is 9.48. The van der Waals surface area contributed by atoms with Gasteiger partial charge in [-0.15, -0.1) is 0 Å². The number of benzene rings is 1. The van der Waals surface area contributed by atoms with Crippen molar-refractivity contribution in [2.24, 2.45) is 23.2 Å². The summed E-state index contributed by atoms with van der Waals surface area (Å²) < 4.78 is 0. The van der Waals surface area contributed by atoms with Gasteiger partial charge in [-0.25, -0.2) is 0 Å². The molecule has 25 heavy (non-hydrogen) atoms. The number of thiocarbonyl (C=S) groups is 1. The fourth-order valence-electron chi connectivity index (χ4n) is 6.42. The Balaban J connectivity index is 1.62. The summed E-state index contributed by atoms with van der Waals surface area (Å²) in [5, 5.41) is 17.5. The Kier molecular flexibility index (Phi) is 3.43. The number of allylic oxidation sites excluding steroid dienone is 1. The van der Waals surface area contributed by atoms with Crippen LogP contribution in [0.15, 0.2) is 41.6 Å². The van der Waals surface area contributed by atoms with E-state index in [1.807, 2.05) is 18.2 Å². The van der Waals surface area contributed by atoms with Gasteiger partial charge in [0, 0.05) is 11.1 Å². The van der Waals surface area contributed by atoms with Crippen LogP contribution in [-0.2, 0) is 0 Å². The van der Waals surface area contributed by atoms with Crippen LogP contribution in [0.1, 0.15) is 50.1 Å². The maximum atomic E-state index is 10.0. The first-order valence-electron chi connectivity index (χ1n) is 9.44. The van der Waals surface area contributed by atoms with E-state index in [1.54, 1.807) is 0 Å². The number of hydrogen-bond acceptors (Lipinski definition) is 2. The van der Waals surface area contributed by atoms with Crippen molar-refractivity contribution in [3.8, 4) is 6.07 Å². The highest BCUT2D eigenvalue weighted by Crippen LogP contribution is 2.63. The normalized spacial score (nSPS) is 38.9. The zero-order chi connectivity index (χ0) is 17.0. The van der Waals surface area contributed by atoms with Gasteiger partial charge < -0.3 is 10.6 Å². The molecule has 0 aromatic heterocycles. The SMILES string of the molecule is N#CC1=C(C23CC4CC(CC(C4)C2)C3)NC(=S)NC1c1ccccc1. The van der Waals surface area contributed by atoms with Gasteiger partial charge in [-0.2, -0.15) is 5.26 Å². The van der Waals surface area contributed by atoms with E-state index >= 15 is 0 Å². The summed E-state index contributed by atoms with van der Waals surface area (Å²) in [6, 6.07) is 12.7. The van der Waals surface area contributed by atoms with Crippen molar-refractivity contribution in [3.05, 3.63) is 47.2 Å². The molecule has 1 atom stereocenters. The van der Waals surface area contributed by atoms with Gasteiger partial charge in [0.25, 0.3) is 0 Å². The van der Waals surface area contributed by atoms with Gasteiger partial charge in [0.1, 0.15) is 0 Å². The zero-order valence-corrected chi connectivity index (χ0v) is 15.1. The van der Waals surface area contributed by atoms with Crippen LogP contribution in [0, 0.1) is 34.5 Å². The first-order valence-corrected chi connectivity index (χ1v) is 9.85. The van der Waals surface area contributed by atoms with Gasteiger partial charge >= 0.3 is 0 Å².